The number of hydrogen-bond donors (Lipinski definition) is 3. The number of nitrogens with zero attached hydrogens (tertiary/aromatic N) is 2. The van der Waals surface area contributed by atoms with Crippen molar-refractivity contribution in [3.63, 3.8) is 0 Å². The molecule has 2 aliphatic carbocycles. The summed E-state index contributed by atoms with van der Waals surface area (Å²) < 4.78 is 5.57. The second-order valence-corrected chi connectivity index (χ2v) is 12.2. The largest absolute Gasteiger partial charge is 0.389 e. The van der Waals surface area contributed by atoms with E-state index in [9.17, 15) is 10.2 Å². The van der Waals surface area contributed by atoms with Gasteiger partial charge in [-0.2, -0.15) is 0 Å². The maximum absolute atomic E-state index is 11.4. The molecule has 2 rings (SSSR count). The van der Waals surface area contributed by atoms with Crippen molar-refractivity contribution >= 4 is 25.4 Å². The first-order valence-electron chi connectivity index (χ1n) is 13.8. The Morgan fingerprint density at radius 1 is 0.889 bits per heavy atom. The van der Waals surface area contributed by atoms with Crippen LogP contribution in [0.3, 0.4) is 0 Å². The van der Waals surface area contributed by atoms with Crippen LogP contribution in [0.25, 0.3) is 0 Å². The summed E-state index contributed by atoms with van der Waals surface area (Å²) in [7, 11) is 6.54. The van der Waals surface area contributed by atoms with Crippen LogP contribution < -0.4 is 5.90 Å². The Labute approximate surface area is 224 Å². The van der Waals surface area contributed by atoms with E-state index in [2.05, 4.69) is 48.9 Å². The van der Waals surface area contributed by atoms with Crippen LogP contribution in [0.2, 0.25) is 0 Å². The molecule has 0 amide bonds. The van der Waals surface area contributed by atoms with E-state index in [1.807, 2.05) is 26.0 Å². The molecule has 2 aliphatic rings. The predicted octanol–water partition coefficient (Wildman–Crippen LogP) is 1.61. The molecule has 0 spiro atoms. The Hall–Kier alpha value is -0.240. The zero-order valence-corrected chi connectivity index (χ0v) is 24.8. The topological polar surface area (TPSA) is 91.4 Å². The quantitative estimate of drug-likeness (QED) is 0.116. The highest BCUT2D eigenvalue weighted by atomic mass is 31.0. The van der Waals surface area contributed by atoms with Gasteiger partial charge in [-0.05, 0) is 71.4 Å². The fraction of sp³-hybridized carbons (Fsp3) is 0.846. The molecule has 0 saturated heterocycles. The van der Waals surface area contributed by atoms with Gasteiger partial charge < -0.3 is 24.4 Å². The molecule has 0 heterocycles. The summed E-state index contributed by atoms with van der Waals surface area (Å²) in [5.74, 6) is 7.25. The number of aliphatic hydroxyl groups excluding tert-OH is 2. The van der Waals surface area contributed by atoms with Crippen molar-refractivity contribution < 1.29 is 19.6 Å². The van der Waals surface area contributed by atoms with E-state index in [0.29, 0.717) is 24.3 Å². The first kappa shape index (κ1) is 32.0. The van der Waals surface area contributed by atoms with Gasteiger partial charge in [-0.25, -0.2) is 5.90 Å². The highest BCUT2D eigenvalue weighted by Crippen LogP contribution is 2.40. The molecule has 36 heavy (non-hydrogen) atoms. The number of nitrogens with two attached hydrogens (primary N) is 1. The van der Waals surface area contributed by atoms with E-state index in [4.69, 9.17) is 15.3 Å². The average molecular weight is 523 g/mol. The van der Waals surface area contributed by atoms with Crippen LogP contribution in [0.15, 0.2) is 23.3 Å². The predicted molar refractivity (Wildman–Crippen MR) is 156 cm³/mol. The summed E-state index contributed by atoms with van der Waals surface area (Å²) in [6.45, 7) is 11.1. The lowest BCUT2D eigenvalue weighted by molar-refractivity contribution is -0.0314. The fourth-order valence-corrected chi connectivity index (χ4v) is 5.99. The van der Waals surface area contributed by atoms with Crippen LogP contribution in [-0.4, -0.2) is 86.4 Å². The van der Waals surface area contributed by atoms with Crippen LogP contribution in [0.5, 0.6) is 0 Å². The number of hydrogen-bond acceptors (Lipinski definition) is 7. The molecule has 2 fully saturated rings. The lowest BCUT2D eigenvalue weighted by Gasteiger charge is -2.44. The van der Waals surface area contributed by atoms with Gasteiger partial charge in [0.25, 0.3) is 0 Å². The minimum Gasteiger partial charge on any atom is -0.389 e. The van der Waals surface area contributed by atoms with Gasteiger partial charge in [0, 0.05) is 28.5 Å². The third-order valence-corrected chi connectivity index (χ3v) is 8.54. The number of aliphatic hydroxyl groups is 2. The molecule has 206 valence electrons. The van der Waals surface area contributed by atoms with Crippen LogP contribution in [-0.2, 0) is 9.36 Å². The van der Waals surface area contributed by atoms with Gasteiger partial charge in [0.1, 0.15) is 12.2 Å². The van der Waals surface area contributed by atoms with Crippen molar-refractivity contribution in [2.45, 2.75) is 90.6 Å². The summed E-state index contributed by atoms with van der Waals surface area (Å²) in [6, 6.07) is 0. The van der Waals surface area contributed by atoms with Gasteiger partial charge in [-0.3, -0.25) is 4.84 Å². The lowest BCUT2D eigenvalue weighted by Crippen LogP contribution is -2.49. The molecule has 10 heteroatoms. The molecule has 0 aromatic rings. The zero-order valence-electron chi connectivity index (χ0n) is 23.6. The van der Waals surface area contributed by atoms with Crippen LogP contribution in [0.1, 0.15) is 66.2 Å². The maximum Gasteiger partial charge on any atom is 0.185 e. The summed E-state index contributed by atoms with van der Waals surface area (Å²) in [5, 5.41) is 22.0. The Morgan fingerprint density at radius 3 is 1.86 bits per heavy atom. The van der Waals surface area contributed by atoms with Crippen molar-refractivity contribution in [3.05, 3.63) is 23.3 Å². The highest BCUT2D eigenvalue weighted by molar-refractivity contribution is 7.09. The molecular weight excluding hydrogens is 471 g/mol. The molecule has 0 aliphatic heterocycles. The van der Waals surface area contributed by atoms with Crippen molar-refractivity contribution in [1.82, 2.24) is 9.62 Å². The minimum atomic E-state index is -0.657. The summed E-state index contributed by atoms with van der Waals surface area (Å²) in [4.78, 5) is 9.95. The second-order valence-electron chi connectivity index (χ2n) is 12.0. The highest BCUT2D eigenvalue weighted by Gasteiger charge is 2.38. The van der Waals surface area contributed by atoms with Crippen molar-refractivity contribution in [2.75, 3.05) is 26.2 Å². The summed E-state index contributed by atoms with van der Waals surface area (Å²) in [5.41, 5.74) is 2.20. The van der Waals surface area contributed by atoms with Crippen LogP contribution in [0, 0.1) is 23.7 Å². The van der Waals surface area contributed by atoms with Crippen molar-refractivity contribution in [1.29, 1.82) is 0 Å². The Bertz CT molecular complexity index is 701. The first-order chi connectivity index (χ1) is 17.0. The molecule has 2 saturated carbocycles. The van der Waals surface area contributed by atoms with E-state index >= 15 is 0 Å². The first-order valence-corrected chi connectivity index (χ1v) is 14.3. The van der Waals surface area contributed by atoms with Crippen molar-refractivity contribution in [3.8, 4) is 0 Å². The van der Waals surface area contributed by atoms with Crippen molar-refractivity contribution in [2.24, 2.45) is 29.6 Å². The Balaban J connectivity index is 2.16. The van der Waals surface area contributed by atoms with Gasteiger partial charge in [-0.1, -0.05) is 49.0 Å². The smallest absolute Gasteiger partial charge is 0.185 e. The van der Waals surface area contributed by atoms with E-state index in [1.165, 1.54) is 38.5 Å². The van der Waals surface area contributed by atoms with Gasteiger partial charge >= 0.3 is 0 Å². The number of allylic oxidation sites excluding steroid dienone is 2. The van der Waals surface area contributed by atoms with Gasteiger partial charge in [0.15, 0.2) is 16.0 Å². The van der Waals surface area contributed by atoms with Gasteiger partial charge in [0.2, 0.25) is 0 Å². The van der Waals surface area contributed by atoms with E-state index in [1.54, 1.807) is 0 Å². The molecule has 4 N–H and O–H groups in total. The molecule has 0 aromatic heterocycles. The molecule has 0 radical (unpaired) electrons. The second kappa shape index (κ2) is 16.0. The average Bonchev–Trinajstić information content (AvgIpc) is 2.71. The molecule has 0 aromatic carbocycles. The number of rotatable bonds is 17. The lowest BCUT2D eigenvalue weighted by atomic mass is 9.68. The van der Waals surface area contributed by atoms with E-state index < -0.39 is 12.2 Å². The molecule has 0 bridgehead atoms. The standard InChI is InChI=1S/C26H52B2N3O4P/c1-17(2)11-23(32)22(14-31(28)15-25(34-29)20-9-6-10-20)21(19-7-5-8-19)13-30(27)16-26(35-36)24(33)12-18(3)4/h11-12,19-26,32-33H,5-10,13-16,27-29,36H2,1-4H3. The monoisotopic (exact) mass is 523 g/mol. The SMILES string of the molecule is BN(CC(ON)C1CCC1)CC(C(O)C=C(C)C)C(CN(B)CC(OP)C(O)C=C(C)C)C1CCC1. The maximum atomic E-state index is 11.4. The molecule has 7 unspecified atom stereocenters. The molecular formula is C26H52B2N3O4P. The third kappa shape index (κ3) is 10.1. The molecule has 7 nitrogen and oxygen atoms in total. The Morgan fingerprint density at radius 2 is 1.42 bits per heavy atom. The third-order valence-electron chi connectivity index (χ3n) is 8.19. The molecule has 7 atom stereocenters. The normalized spacial score (nSPS) is 21.7. The summed E-state index contributed by atoms with van der Waals surface area (Å²) >= 11 is 0. The van der Waals surface area contributed by atoms with Gasteiger partial charge in [-0.15, -0.1) is 0 Å². The van der Waals surface area contributed by atoms with E-state index in [0.717, 1.165) is 30.8 Å². The van der Waals surface area contributed by atoms with E-state index in [-0.39, 0.29) is 18.1 Å². The Kier molecular flexibility index (Phi) is 14.2. The van der Waals surface area contributed by atoms with Gasteiger partial charge in [0.05, 0.1) is 12.2 Å². The van der Waals surface area contributed by atoms with Crippen LogP contribution >= 0.6 is 9.47 Å². The minimum absolute atomic E-state index is 0.0475. The zero-order chi connectivity index (χ0) is 26.8. The van der Waals surface area contributed by atoms with Crippen LogP contribution in [0.4, 0.5) is 0 Å². The summed E-state index contributed by atoms with van der Waals surface area (Å²) in [6.07, 6.45) is 9.72. The fourth-order valence-electron chi connectivity index (χ4n) is 5.74.